The van der Waals surface area contributed by atoms with E-state index in [1.165, 1.54) is 5.69 Å². The molecule has 0 unspecified atom stereocenters. The predicted molar refractivity (Wildman–Crippen MR) is 118 cm³/mol. The molecule has 7 heteroatoms. The highest BCUT2D eigenvalue weighted by atomic mass is 16.2. The minimum absolute atomic E-state index is 0.0673. The highest BCUT2D eigenvalue weighted by Crippen LogP contribution is 2.24. The Balaban J connectivity index is 1.48. The van der Waals surface area contributed by atoms with Crippen LogP contribution in [-0.4, -0.2) is 56.6 Å². The fraction of sp³-hybridized carbons (Fsp3) is 0.478. The van der Waals surface area contributed by atoms with Crippen LogP contribution in [-0.2, 0) is 11.2 Å². The second-order valence-corrected chi connectivity index (χ2v) is 7.92. The summed E-state index contributed by atoms with van der Waals surface area (Å²) >= 11 is 0. The Bertz CT molecular complexity index is 1010. The fourth-order valence-electron chi connectivity index (χ4n) is 4.32. The zero-order valence-electron chi connectivity index (χ0n) is 18.1. The lowest BCUT2D eigenvalue weighted by atomic mass is 9.95. The van der Waals surface area contributed by atoms with Crippen LogP contribution in [0.5, 0.6) is 0 Å². The number of rotatable bonds is 6. The molecule has 1 aromatic carbocycles. The van der Waals surface area contributed by atoms with Crippen LogP contribution in [0.3, 0.4) is 0 Å². The van der Waals surface area contributed by atoms with E-state index in [2.05, 4.69) is 47.1 Å². The molecular formula is C23H30N6O. The Morgan fingerprint density at radius 2 is 1.80 bits per heavy atom. The van der Waals surface area contributed by atoms with Gasteiger partial charge in [-0.1, -0.05) is 50.6 Å². The molecule has 30 heavy (non-hydrogen) atoms. The van der Waals surface area contributed by atoms with Crippen LogP contribution >= 0.6 is 0 Å². The SMILES string of the molecule is CCCc1cc(N2CCN(C(=O)[C@H](CC)c3ccccc3)CC2)nc2nnc(C)n12. The third kappa shape index (κ3) is 3.88. The van der Waals surface area contributed by atoms with Gasteiger partial charge in [-0.3, -0.25) is 9.20 Å². The van der Waals surface area contributed by atoms with Crippen LogP contribution < -0.4 is 4.90 Å². The molecule has 0 radical (unpaired) electrons. The maximum absolute atomic E-state index is 13.2. The number of fused-ring (bicyclic) bond motifs is 1. The van der Waals surface area contributed by atoms with Gasteiger partial charge in [0.05, 0.1) is 5.92 Å². The highest BCUT2D eigenvalue weighted by Gasteiger charge is 2.28. The van der Waals surface area contributed by atoms with Crippen LogP contribution in [0.4, 0.5) is 5.82 Å². The Morgan fingerprint density at radius 1 is 1.07 bits per heavy atom. The first kappa shape index (κ1) is 20.3. The topological polar surface area (TPSA) is 66.6 Å². The number of nitrogens with zero attached hydrogens (tertiary/aromatic N) is 6. The van der Waals surface area contributed by atoms with Crippen molar-refractivity contribution in [1.29, 1.82) is 0 Å². The van der Waals surface area contributed by atoms with E-state index < -0.39 is 0 Å². The summed E-state index contributed by atoms with van der Waals surface area (Å²) in [5, 5.41) is 8.44. The van der Waals surface area contributed by atoms with Gasteiger partial charge < -0.3 is 9.80 Å². The van der Waals surface area contributed by atoms with Gasteiger partial charge in [-0.2, -0.15) is 4.98 Å². The van der Waals surface area contributed by atoms with Crippen molar-refractivity contribution in [3.05, 3.63) is 53.5 Å². The molecule has 4 rings (SSSR count). The van der Waals surface area contributed by atoms with Gasteiger partial charge in [-0.05, 0) is 25.3 Å². The zero-order valence-corrected chi connectivity index (χ0v) is 18.1. The summed E-state index contributed by atoms with van der Waals surface area (Å²) in [6.45, 7) is 9.20. The van der Waals surface area contributed by atoms with Crippen LogP contribution in [0.1, 0.15) is 49.7 Å². The maximum atomic E-state index is 13.2. The van der Waals surface area contributed by atoms with Crippen molar-refractivity contribution in [2.45, 2.75) is 46.0 Å². The first-order chi connectivity index (χ1) is 14.6. The molecule has 2 aromatic heterocycles. The molecule has 1 amide bonds. The Hall–Kier alpha value is -2.96. The normalized spacial score (nSPS) is 15.6. The second-order valence-electron chi connectivity index (χ2n) is 7.92. The average molecular weight is 407 g/mol. The average Bonchev–Trinajstić information content (AvgIpc) is 3.16. The number of hydrogen-bond donors (Lipinski definition) is 0. The second kappa shape index (κ2) is 8.81. The third-order valence-corrected chi connectivity index (χ3v) is 5.94. The Morgan fingerprint density at radius 3 is 2.47 bits per heavy atom. The van der Waals surface area contributed by atoms with Gasteiger partial charge in [0.1, 0.15) is 11.6 Å². The molecule has 3 heterocycles. The molecule has 3 aromatic rings. The van der Waals surface area contributed by atoms with Gasteiger partial charge in [0, 0.05) is 37.9 Å². The van der Waals surface area contributed by atoms with Crippen molar-refractivity contribution in [2.75, 3.05) is 31.1 Å². The van der Waals surface area contributed by atoms with E-state index in [0.717, 1.165) is 49.6 Å². The van der Waals surface area contributed by atoms with Crippen LogP contribution in [0, 0.1) is 6.92 Å². The predicted octanol–water partition coefficient (Wildman–Crippen LogP) is 3.23. The quantitative estimate of drug-likeness (QED) is 0.629. The summed E-state index contributed by atoms with van der Waals surface area (Å²) < 4.78 is 2.04. The smallest absolute Gasteiger partial charge is 0.257 e. The lowest BCUT2D eigenvalue weighted by molar-refractivity contribution is -0.133. The number of amides is 1. The molecule has 1 saturated heterocycles. The molecule has 158 valence electrons. The van der Waals surface area contributed by atoms with E-state index in [1.807, 2.05) is 34.4 Å². The maximum Gasteiger partial charge on any atom is 0.257 e. The lowest BCUT2D eigenvalue weighted by Crippen LogP contribution is -2.50. The molecule has 1 atom stereocenters. The van der Waals surface area contributed by atoms with Gasteiger partial charge in [0.2, 0.25) is 5.91 Å². The minimum atomic E-state index is -0.0673. The molecule has 0 saturated carbocycles. The van der Waals surface area contributed by atoms with Crippen molar-refractivity contribution in [3.8, 4) is 0 Å². The van der Waals surface area contributed by atoms with Crippen LogP contribution in [0.25, 0.3) is 5.78 Å². The number of aromatic nitrogens is 4. The van der Waals surface area contributed by atoms with Crippen molar-refractivity contribution < 1.29 is 4.79 Å². The minimum Gasteiger partial charge on any atom is -0.353 e. The Kier molecular flexibility index (Phi) is 5.97. The van der Waals surface area contributed by atoms with E-state index in [0.29, 0.717) is 18.9 Å². The summed E-state index contributed by atoms with van der Waals surface area (Å²) in [5.74, 6) is 2.62. The van der Waals surface area contributed by atoms with Gasteiger partial charge in [0.25, 0.3) is 5.78 Å². The van der Waals surface area contributed by atoms with E-state index in [-0.39, 0.29) is 11.8 Å². The number of hydrogen-bond acceptors (Lipinski definition) is 5. The van der Waals surface area contributed by atoms with E-state index >= 15 is 0 Å². The number of aryl methyl sites for hydroxylation is 2. The van der Waals surface area contributed by atoms with Crippen molar-refractivity contribution in [2.24, 2.45) is 0 Å². The molecule has 0 bridgehead atoms. The number of carbonyl (C=O) groups is 1. The summed E-state index contributed by atoms with van der Waals surface area (Å²) in [6.07, 6.45) is 2.82. The van der Waals surface area contributed by atoms with Gasteiger partial charge in [0.15, 0.2) is 0 Å². The number of piperazine rings is 1. The number of carbonyl (C=O) groups excluding carboxylic acids is 1. The molecule has 0 aliphatic carbocycles. The van der Waals surface area contributed by atoms with Gasteiger partial charge >= 0.3 is 0 Å². The standard InChI is InChI=1S/C23H30N6O/c1-4-9-19-16-21(24-23-26-25-17(3)29(19)23)27-12-14-28(15-13-27)22(30)20(5-2)18-10-7-6-8-11-18/h6-8,10-11,16,20H,4-5,9,12-15H2,1-3H3/t20-/m1/s1. The molecule has 1 aliphatic heterocycles. The van der Waals surface area contributed by atoms with Crippen LogP contribution in [0.15, 0.2) is 36.4 Å². The van der Waals surface area contributed by atoms with Crippen molar-refractivity contribution >= 4 is 17.5 Å². The lowest BCUT2D eigenvalue weighted by Gasteiger charge is -2.37. The number of benzene rings is 1. The third-order valence-electron chi connectivity index (χ3n) is 5.94. The van der Waals surface area contributed by atoms with Crippen molar-refractivity contribution in [3.63, 3.8) is 0 Å². The fourth-order valence-corrected chi connectivity index (χ4v) is 4.32. The molecule has 7 nitrogen and oxygen atoms in total. The largest absolute Gasteiger partial charge is 0.353 e. The molecule has 1 aliphatic rings. The molecule has 1 fully saturated rings. The zero-order chi connectivity index (χ0) is 21.1. The van der Waals surface area contributed by atoms with Crippen LogP contribution in [0.2, 0.25) is 0 Å². The van der Waals surface area contributed by atoms with Gasteiger partial charge in [-0.25, -0.2) is 0 Å². The first-order valence-corrected chi connectivity index (χ1v) is 10.9. The monoisotopic (exact) mass is 406 g/mol. The molecular weight excluding hydrogens is 376 g/mol. The summed E-state index contributed by atoms with van der Waals surface area (Å²) in [5.41, 5.74) is 2.29. The molecule has 0 spiro atoms. The first-order valence-electron chi connectivity index (χ1n) is 10.9. The van der Waals surface area contributed by atoms with E-state index in [1.54, 1.807) is 0 Å². The summed E-state index contributed by atoms with van der Waals surface area (Å²) in [7, 11) is 0. The number of anilines is 1. The molecule has 0 N–H and O–H groups in total. The van der Waals surface area contributed by atoms with E-state index in [9.17, 15) is 4.79 Å². The van der Waals surface area contributed by atoms with E-state index in [4.69, 9.17) is 4.98 Å². The summed E-state index contributed by atoms with van der Waals surface area (Å²) in [4.78, 5) is 22.2. The van der Waals surface area contributed by atoms with Crippen molar-refractivity contribution in [1.82, 2.24) is 24.5 Å². The van der Waals surface area contributed by atoms with Gasteiger partial charge in [-0.15, -0.1) is 10.2 Å². The summed E-state index contributed by atoms with van der Waals surface area (Å²) in [6, 6.07) is 12.3. The highest BCUT2D eigenvalue weighted by molar-refractivity contribution is 5.84. The Labute approximate surface area is 177 Å².